The van der Waals surface area contributed by atoms with E-state index < -0.39 is 12.7 Å². The molecule has 3 heterocycles. The van der Waals surface area contributed by atoms with Gasteiger partial charge in [-0.2, -0.15) is 18.3 Å². The number of hydrogen-bond acceptors (Lipinski definition) is 4. The van der Waals surface area contributed by atoms with E-state index in [4.69, 9.17) is 0 Å². The molecule has 1 fully saturated rings. The Morgan fingerprint density at radius 1 is 1.25 bits per heavy atom. The molecule has 6 nitrogen and oxygen atoms in total. The summed E-state index contributed by atoms with van der Waals surface area (Å²) in [7, 11) is 0. The number of fused-ring (bicyclic) bond motifs is 1. The van der Waals surface area contributed by atoms with Crippen LogP contribution in [0, 0.1) is 5.92 Å². The average molecular weight is 340 g/mol. The largest absolute Gasteiger partial charge is 0.408 e. The smallest absolute Gasteiger partial charge is 0.382 e. The van der Waals surface area contributed by atoms with Gasteiger partial charge in [0.1, 0.15) is 18.7 Å². The Kier molecular flexibility index (Phi) is 3.73. The van der Waals surface area contributed by atoms with Crippen LogP contribution in [0.3, 0.4) is 0 Å². The van der Waals surface area contributed by atoms with E-state index in [1.165, 1.54) is 6.20 Å². The third kappa shape index (κ3) is 3.39. The number of anilines is 1. The van der Waals surface area contributed by atoms with Crippen molar-refractivity contribution in [2.45, 2.75) is 50.9 Å². The molecule has 1 N–H and O–H groups in total. The van der Waals surface area contributed by atoms with Crippen LogP contribution in [0.15, 0.2) is 12.5 Å². The van der Waals surface area contributed by atoms with Crippen molar-refractivity contribution in [3.05, 3.63) is 24.0 Å². The van der Waals surface area contributed by atoms with E-state index >= 15 is 0 Å². The third-order valence-electron chi connectivity index (χ3n) is 4.60. The molecule has 4 rings (SSSR count). The minimum atomic E-state index is -4.25. The highest BCUT2D eigenvalue weighted by molar-refractivity contribution is 5.49. The Hall–Kier alpha value is -2.06. The van der Waals surface area contributed by atoms with E-state index in [0.29, 0.717) is 11.8 Å². The molecular weight excluding hydrogens is 321 g/mol. The van der Waals surface area contributed by atoms with E-state index in [1.807, 2.05) is 4.57 Å². The van der Waals surface area contributed by atoms with Crippen LogP contribution in [0.4, 0.5) is 18.9 Å². The fraction of sp³-hybridized carbons (Fsp3) is 0.667. The predicted molar refractivity (Wildman–Crippen MR) is 80.6 cm³/mol. The van der Waals surface area contributed by atoms with Crippen molar-refractivity contribution in [3.8, 4) is 0 Å². The molecule has 0 spiro atoms. The molecule has 2 aromatic heterocycles. The lowest BCUT2D eigenvalue weighted by atomic mass is 9.99. The van der Waals surface area contributed by atoms with Crippen LogP contribution in [0.25, 0.3) is 0 Å². The van der Waals surface area contributed by atoms with Gasteiger partial charge in [-0.05, 0) is 25.2 Å². The fourth-order valence-electron chi connectivity index (χ4n) is 3.24. The minimum Gasteiger partial charge on any atom is -0.382 e. The van der Waals surface area contributed by atoms with Crippen LogP contribution in [0.2, 0.25) is 0 Å². The number of aromatic nitrogens is 5. The number of rotatable bonds is 5. The molecule has 1 saturated carbocycles. The average Bonchev–Trinajstić information content (AvgIpc) is 3.12. The van der Waals surface area contributed by atoms with Gasteiger partial charge >= 0.3 is 6.18 Å². The molecule has 0 amide bonds. The first-order valence-corrected chi connectivity index (χ1v) is 8.22. The number of alkyl halides is 3. The van der Waals surface area contributed by atoms with Gasteiger partial charge in [-0.3, -0.25) is 4.68 Å². The Bertz CT molecular complexity index is 715. The van der Waals surface area contributed by atoms with Crippen LogP contribution < -0.4 is 5.32 Å². The molecular formula is C15H19F3N6. The molecule has 2 aromatic rings. The number of halogens is 3. The second-order valence-corrected chi connectivity index (χ2v) is 6.70. The third-order valence-corrected chi connectivity index (χ3v) is 4.60. The molecule has 0 radical (unpaired) electrons. The van der Waals surface area contributed by atoms with Crippen LogP contribution in [-0.4, -0.2) is 37.3 Å². The van der Waals surface area contributed by atoms with Gasteiger partial charge in [0.15, 0.2) is 0 Å². The van der Waals surface area contributed by atoms with Crippen molar-refractivity contribution >= 4 is 5.69 Å². The van der Waals surface area contributed by atoms with E-state index in [2.05, 4.69) is 20.6 Å². The van der Waals surface area contributed by atoms with Gasteiger partial charge in [-0.25, -0.2) is 0 Å². The highest BCUT2D eigenvalue weighted by Gasteiger charge is 2.33. The first kappa shape index (κ1) is 15.5. The first-order chi connectivity index (χ1) is 11.5. The lowest BCUT2D eigenvalue weighted by Crippen LogP contribution is -2.26. The maximum atomic E-state index is 12.6. The SMILES string of the molecule is FC(F)(F)Cn1cc(NCC2CCc3nncn3C2)c(C2CC2)n1. The van der Waals surface area contributed by atoms with Gasteiger partial charge in [0.25, 0.3) is 0 Å². The summed E-state index contributed by atoms with van der Waals surface area (Å²) >= 11 is 0. The first-order valence-electron chi connectivity index (χ1n) is 8.22. The summed E-state index contributed by atoms with van der Waals surface area (Å²) in [5.74, 6) is 1.72. The van der Waals surface area contributed by atoms with E-state index in [9.17, 15) is 13.2 Å². The fourth-order valence-corrected chi connectivity index (χ4v) is 3.24. The lowest BCUT2D eigenvalue weighted by molar-refractivity contribution is -0.142. The van der Waals surface area contributed by atoms with Gasteiger partial charge in [-0.1, -0.05) is 0 Å². The second kappa shape index (κ2) is 5.78. The van der Waals surface area contributed by atoms with Crippen LogP contribution in [0.1, 0.15) is 36.7 Å². The summed E-state index contributed by atoms with van der Waals surface area (Å²) in [6.07, 6.45) is 2.87. The molecule has 1 aliphatic heterocycles. The Morgan fingerprint density at radius 2 is 2.08 bits per heavy atom. The zero-order valence-corrected chi connectivity index (χ0v) is 13.1. The zero-order valence-electron chi connectivity index (χ0n) is 13.1. The molecule has 0 saturated heterocycles. The Labute approximate surface area is 137 Å². The summed E-state index contributed by atoms with van der Waals surface area (Å²) in [4.78, 5) is 0. The summed E-state index contributed by atoms with van der Waals surface area (Å²) in [5.41, 5.74) is 1.52. The summed E-state index contributed by atoms with van der Waals surface area (Å²) in [6.45, 7) is 0.516. The monoisotopic (exact) mass is 340 g/mol. The molecule has 1 atom stereocenters. The van der Waals surface area contributed by atoms with Gasteiger partial charge in [0.05, 0.1) is 11.4 Å². The van der Waals surface area contributed by atoms with Crippen LogP contribution in [0.5, 0.6) is 0 Å². The highest BCUT2D eigenvalue weighted by Crippen LogP contribution is 2.42. The highest BCUT2D eigenvalue weighted by atomic mass is 19.4. The van der Waals surface area contributed by atoms with Gasteiger partial charge < -0.3 is 9.88 Å². The molecule has 1 aliphatic carbocycles. The number of aryl methyl sites for hydroxylation is 1. The quantitative estimate of drug-likeness (QED) is 0.909. The Morgan fingerprint density at radius 3 is 2.83 bits per heavy atom. The molecule has 130 valence electrons. The van der Waals surface area contributed by atoms with Gasteiger partial charge in [-0.15, -0.1) is 10.2 Å². The van der Waals surface area contributed by atoms with E-state index in [1.54, 1.807) is 6.33 Å². The van der Waals surface area contributed by atoms with Gasteiger partial charge in [0.2, 0.25) is 0 Å². The number of hydrogen-bond donors (Lipinski definition) is 1. The zero-order chi connectivity index (χ0) is 16.7. The normalized spacial score (nSPS) is 20.9. The van der Waals surface area contributed by atoms with Crippen LogP contribution in [-0.2, 0) is 19.5 Å². The number of nitrogens with zero attached hydrogens (tertiary/aromatic N) is 5. The lowest BCUT2D eigenvalue weighted by Gasteiger charge is -2.23. The summed E-state index contributed by atoms with van der Waals surface area (Å²) in [5, 5.41) is 15.5. The predicted octanol–water partition coefficient (Wildman–Crippen LogP) is 2.59. The molecule has 0 aromatic carbocycles. The van der Waals surface area contributed by atoms with E-state index in [-0.39, 0.29) is 0 Å². The molecule has 2 aliphatic rings. The van der Waals surface area contributed by atoms with Crippen molar-refractivity contribution < 1.29 is 13.2 Å². The topological polar surface area (TPSA) is 60.6 Å². The molecule has 24 heavy (non-hydrogen) atoms. The summed E-state index contributed by atoms with van der Waals surface area (Å²) in [6, 6.07) is 0. The van der Waals surface area contributed by atoms with Crippen molar-refractivity contribution in [2.24, 2.45) is 5.92 Å². The van der Waals surface area contributed by atoms with Crippen molar-refractivity contribution in [3.63, 3.8) is 0 Å². The van der Waals surface area contributed by atoms with Gasteiger partial charge in [0, 0.05) is 31.6 Å². The van der Waals surface area contributed by atoms with Crippen molar-refractivity contribution in [1.82, 2.24) is 24.5 Å². The number of nitrogens with one attached hydrogen (secondary N) is 1. The second-order valence-electron chi connectivity index (χ2n) is 6.70. The van der Waals surface area contributed by atoms with Crippen LogP contribution >= 0.6 is 0 Å². The maximum absolute atomic E-state index is 12.6. The molecule has 1 unspecified atom stereocenters. The maximum Gasteiger partial charge on any atom is 0.408 e. The minimum absolute atomic E-state index is 0.304. The molecule has 0 bridgehead atoms. The standard InChI is InChI=1S/C15H19F3N6/c16-15(17,18)8-24-7-12(14(22-24)11-2-3-11)19-5-10-1-4-13-21-20-9-23(13)6-10/h7,9-11,19H,1-6,8H2. The van der Waals surface area contributed by atoms with Crippen molar-refractivity contribution in [1.29, 1.82) is 0 Å². The summed E-state index contributed by atoms with van der Waals surface area (Å²) < 4.78 is 40.8. The van der Waals surface area contributed by atoms with E-state index in [0.717, 1.165) is 60.7 Å². The molecule has 9 heteroatoms. The van der Waals surface area contributed by atoms with Crippen molar-refractivity contribution in [2.75, 3.05) is 11.9 Å². The Balaban J connectivity index is 1.42.